The molecule has 96 valence electrons. The minimum atomic E-state index is -1.79. The summed E-state index contributed by atoms with van der Waals surface area (Å²) in [5, 5.41) is 44.3. The van der Waals surface area contributed by atoms with Crippen LogP contribution in [0.1, 0.15) is 6.92 Å². The summed E-state index contributed by atoms with van der Waals surface area (Å²) in [5.41, 5.74) is 0. The molecule has 0 aromatic carbocycles. The van der Waals surface area contributed by atoms with E-state index in [1.54, 1.807) is 0 Å². The van der Waals surface area contributed by atoms with E-state index in [-0.39, 0.29) is 0 Å². The molecule has 0 aromatic heterocycles. The molecule has 1 fully saturated rings. The molecule has 0 amide bonds. The molecule has 0 aromatic rings. The number of aliphatic hydroxyl groups is 5. The van der Waals surface area contributed by atoms with Crippen molar-refractivity contribution in [2.45, 2.75) is 31.3 Å². The molecule has 1 aliphatic rings. The average molecular weight is 238 g/mol. The Morgan fingerprint density at radius 1 is 1.19 bits per heavy atom. The topological polar surface area (TPSA) is 131 Å². The minimum absolute atomic E-state index is 0.725. The highest BCUT2D eigenvalue weighted by Gasteiger charge is 2.32. The lowest BCUT2D eigenvalue weighted by atomic mass is 10.0. The fraction of sp³-hybridized carbons (Fsp3) is 0.889. The number of carbonyl (C=O) groups excluding carboxylic acids is 1. The van der Waals surface area contributed by atoms with Crippen molar-refractivity contribution >= 4 is 5.78 Å². The van der Waals surface area contributed by atoms with E-state index in [2.05, 4.69) is 4.74 Å². The van der Waals surface area contributed by atoms with Crippen LogP contribution in [0.3, 0.4) is 0 Å². The van der Waals surface area contributed by atoms with Crippen molar-refractivity contribution in [3.63, 3.8) is 0 Å². The van der Waals surface area contributed by atoms with E-state index in [9.17, 15) is 4.79 Å². The summed E-state index contributed by atoms with van der Waals surface area (Å²) in [4.78, 5) is 10.5. The van der Waals surface area contributed by atoms with E-state index in [0.29, 0.717) is 0 Å². The highest BCUT2D eigenvalue weighted by atomic mass is 16.6. The van der Waals surface area contributed by atoms with Gasteiger partial charge in [0.25, 0.3) is 0 Å². The third kappa shape index (κ3) is 6.11. The Morgan fingerprint density at radius 2 is 1.62 bits per heavy atom. The molecule has 4 unspecified atom stereocenters. The largest absolute Gasteiger partial charge is 0.394 e. The summed E-state index contributed by atoms with van der Waals surface area (Å²) in [7, 11) is 0. The van der Waals surface area contributed by atoms with Gasteiger partial charge in [0, 0.05) is 0 Å². The zero-order valence-corrected chi connectivity index (χ0v) is 8.98. The van der Waals surface area contributed by atoms with Crippen LogP contribution >= 0.6 is 0 Å². The van der Waals surface area contributed by atoms with Gasteiger partial charge in [0.2, 0.25) is 0 Å². The van der Waals surface area contributed by atoms with E-state index < -0.39 is 36.8 Å². The van der Waals surface area contributed by atoms with Crippen LogP contribution in [0.25, 0.3) is 0 Å². The van der Waals surface area contributed by atoms with Gasteiger partial charge in [-0.3, -0.25) is 4.79 Å². The maximum atomic E-state index is 10.5. The first-order valence-electron chi connectivity index (χ1n) is 4.83. The fourth-order valence-corrected chi connectivity index (χ4v) is 0.763. The summed E-state index contributed by atoms with van der Waals surface area (Å²) in [6.07, 6.45) is -6.87. The van der Waals surface area contributed by atoms with Crippen LogP contribution in [0.15, 0.2) is 0 Å². The first-order chi connectivity index (χ1) is 7.41. The molecule has 0 spiro atoms. The molecule has 4 atom stereocenters. The molecule has 16 heavy (non-hydrogen) atoms. The second-order valence-corrected chi connectivity index (χ2v) is 3.40. The first kappa shape index (κ1) is 15.4. The zero-order valence-electron chi connectivity index (χ0n) is 8.98. The van der Waals surface area contributed by atoms with Gasteiger partial charge in [0.15, 0.2) is 5.78 Å². The van der Waals surface area contributed by atoms with Crippen molar-refractivity contribution in [1.82, 2.24) is 0 Å². The maximum absolute atomic E-state index is 10.5. The number of carbonyl (C=O) groups is 1. The molecular weight excluding hydrogens is 220 g/mol. The summed E-state index contributed by atoms with van der Waals surface area (Å²) in [6.45, 7) is 2.27. The molecule has 0 radical (unpaired) electrons. The smallest absolute Gasteiger partial charge is 0.160 e. The van der Waals surface area contributed by atoms with Crippen LogP contribution in [0, 0.1) is 0 Å². The Bertz CT molecular complexity index is 203. The predicted octanol–water partition coefficient (Wildman–Crippen LogP) is -2.97. The van der Waals surface area contributed by atoms with Gasteiger partial charge in [-0.1, -0.05) is 0 Å². The lowest BCUT2D eigenvalue weighted by Gasteiger charge is -2.23. The van der Waals surface area contributed by atoms with Crippen LogP contribution in [0.4, 0.5) is 0 Å². The molecule has 0 bridgehead atoms. The van der Waals surface area contributed by atoms with E-state index in [1.165, 1.54) is 0 Å². The molecule has 1 aliphatic heterocycles. The molecule has 1 heterocycles. The van der Waals surface area contributed by atoms with Gasteiger partial charge in [0.05, 0.1) is 19.8 Å². The standard InChI is InChI=1S/C7H14O6.C2H4O/c1-3(9)5(11)7(13)6(12)4(10)2-8;1-2-3-1/h4-8,10-13H,2H2,1H3;1-2H2. The number of rotatable bonds is 5. The minimum Gasteiger partial charge on any atom is -0.394 e. The third-order valence-electron chi connectivity index (χ3n) is 1.88. The van der Waals surface area contributed by atoms with Gasteiger partial charge in [-0.05, 0) is 6.92 Å². The Kier molecular flexibility index (Phi) is 7.39. The second kappa shape index (κ2) is 7.66. The van der Waals surface area contributed by atoms with Gasteiger partial charge >= 0.3 is 0 Å². The first-order valence-corrected chi connectivity index (χ1v) is 4.83. The zero-order chi connectivity index (χ0) is 12.7. The van der Waals surface area contributed by atoms with Crippen molar-refractivity contribution in [1.29, 1.82) is 0 Å². The highest BCUT2D eigenvalue weighted by molar-refractivity contribution is 5.80. The van der Waals surface area contributed by atoms with Gasteiger partial charge in [-0.25, -0.2) is 0 Å². The van der Waals surface area contributed by atoms with Crippen LogP contribution in [0.2, 0.25) is 0 Å². The summed E-state index contributed by atoms with van der Waals surface area (Å²) < 4.78 is 4.50. The van der Waals surface area contributed by atoms with Crippen LogP contribution in [-0.4, -0.2) is 75.6 Å². The monoisotopic (exact) mass is 238 g/mol. The van der Waals surface area contributed by atoms with Crippen LogP contribution in [0.5, 0.6) is 0 Å². The van der Waals surface area contributed by atoms with Crippen LogP contribution in [-0.2, 0) is 9.53 Å². The molecule has 7 heteroatoms. The van der Waals surface area contributed by atoms with Crippen molar-refractivity contribution < 1.29 is 35.1 Å². The summed E-state index contributed by atoms with van der Waals surface area (Å²) in [5.74, 6) is -0.725. The molecule has 7 nitrogen and oxygen atoms in total. The second-order valence-electron chi connectivity index (χ2n) is 3.40. The van der Waals surface area contributed by atoms with Gasteiger partial charge < -0.3 is 30.3 Å². The van der Waals surface area contributed by atoms with E-state index >= 15 is 0 Å². The predicted molar refractivity (Wildman–Crippen MR) is 52.6 cm³/mol. The number of hydrogen-bond donors (Lipinski definition) is 5. The Balaban J connectivity index is 0.000000635. The third-order valence-corrected chi connectivity index (χ3v) is 1.88. The summed E-state index contributed by atoms with van der Waals surface area (Å²) in [6, 6.07) is 0. The Hall–Kier alpha value is -0.570. The normalized spacial score (nSPS) is 21.1. The molecular formula is C9H18O7. The van der Waals surface area contributed by atoms with E-state index in [4.69, 9.17) is 25.5 Å². The quantitative estimate of drug-likeness (QED) is 0.323. The average Bonchev–Trinajstić information content (AvgIpc) is 3.12. The summed E-state index contributed by atoms with van der Waals surface area (Å²) >= 11 is 0. The Labute approximate surface area is 92.9 Å². The van der Waals surface area contributed by atoms with E-state index in [0.717, 1.165) is 20.1 Å². The molecule has 1 rings (SSSR count). The Morgan fingerprint density at radius 3 is 1.88 bits per heavy atom. The lowest BCUT2D eigenvalue weighted by Crippen LogP contribution is -2.48. The number of ether oxygens (including phenoxy) is 1. The van der Waals surface area contributed by atoms with E-state index in [1.807, 2.05) is 0 Å². The van der Waals surface area contributed by atoms with Crippen molar-refractivity contribution in [2.24, 2.45) is 0 Å². The van der Waals surface area contributed by atoms with Gasteiger partial charge in [-0.15, -0.1) is 0 Å². The van der Waals surface area contributed by atoms with Crippen molar-refractivity contribution in [2.75, 3.05) is 19.8 Å². The number of hydrogen-bond acceptors (Lipinski definition) is 7. The van der Waals surface area contributed by atoms with Crippen LogP contribution < -0.4 is 0 Å². The van der Waals surface area contributed by atoms with Gasteiger partial charge in [0.1, 0.15) is 24.4 Å². The maximum Gasteiger partial charge on any atom is 0.160 e. The highest BCUT2D eigenvalue weighted by Crippen LogP contribution is 2.05. The molecule has 5 N–H and O–H groups in total. The fourth-order valence-electron chi connectivity index (χ4n) is 0.763. The van der Waals surface area contributed by atoms with Gasteiger partial charge in [-0.2, -0.15) is 0 Å². The van der Waals surface area contributed by atoms with Crippen molar-refractivity contribution in [3.05, 3.63) is 0 Å². The molecule has 0 aliphatic carbocycles. The van der Waals surface area contributed by atoms with Crippen molar-refractivity contribution in [3.8, 4) is 0 Å². The molecule has 0 saturated carbocycles. The SMILES string of the molecule is C1CO1.CC(=O)C(O)C(O)C(O)C(O)CO. The number of aliphatic hydroxyl groups excluding tert-OH is 5. The number of Topliss-reactive ketones (excluding diaryl/α,β-unsaturated/α-hetero) is 1. The number of epoxide rings is 1. The molecule has 1 saturated heterocycles. The number of ketones is 1. The lowest BCUT2D eigenvalue weighted by molar-refractivity contribution is -0.145.